The molecule has 0 bridgehead atoms. The summed E-state index contributed by atoms with van der Waals surface area (Å²) in [5.41, 5.74) is -0.378. The summed E-state index contributed by atoms with van der Waals surface area (Å²) < 4.78 is 6.48. The summed E-state index contributed by atoms with van der Waals surface area (Å²) in [6.07, 6.45) is 2.53. The second-order valence-electron chi connectivity index (χ2n) is 4.00. The molecule has 6 heteroatoms. The molecule has 0 aromatic carbocycles. The van der Waals surface area contributed by atoms with E-state index in [1.807, 2.05) is 6.92 Å². The van der Waals surface area contributed by atoms with Crippen LogP contribution in [0.25, 0.3) is 0 Å². The van der Waals surface area contributed by atoms with Crippen LogP contribution in [-0.4, -0.2) is 22.8 Å². The highest BCUT2D eigenvalue weighted by atomic mass is 35.5. The third-order valence-electron chi connectivity index (χ3n) is 2.69. The van der Waals surface area contributed by atoms with Gasteiger partial charge in [-0.3, -0.25) is 14.3 Å². The number of aromatic amines is 1. The molecule has 0 amide bonds. The first kappa shape index (κ1) is 15.0. The number of hydrogen-bond donors (Lipinski definition) is 1. The van der Waals surface area contributed by atoms with E-state index < -0.39 is 5.69 Å². The minimum Gasteiger partial charge on any atom is -0.380 e. The van der Waals surface area contributed by atoms with Crippen LogP contribution in [0.5, 0.6) is 0 Å². The molecule has 0 aliphatic heterocycles. The van der Waals surface area contributed by atoms with Crippen molar-refractivity contribution in [2.75, 3.05) is 13.2 Å². The summed E-state index contributed by atoms with van der Waals surface area (Å²) in [6, 6.07) is 0. The van der Waals surface area contributed by atoms with Crippen LogP contribution in [0.15, 0.2) is 9.59 Å². The van der Waals surface area contributed by atoms with Gasteiger partial charge in [0.05, 0.1) is 18.7 Å². The van der Waals surface area contributed by atoms with E-state index in [1.165, 1.54) is 0 Å². The Balaban J connectivity index is 2.77. The van der Waals surface area contributed by atoms with Crippen molar-refractivity contribution in [2.24, 2.45) is 0 Å². The lowest BCUT2D eigenvalue weighted by Gasteiger charge is -2.08. The molecule has 5 nitrogen and oxygen atoms in total. The summed E-state index contributed by atoms with van der Waals surface area (Å²) in [6.45, 7) is 5.15. The van der Waals surface area contributed by atoms with E-state index in [-0.39, 0.29) is 17.3 Å². The fraction of sp³-hybridized carbons (Fsp3) is 0.667. The van der Waals surface area contributed by atoms with Gasteiger partial charge in [0.2, 0.25) is 0 Å². The van der Waals surface area contributed by atoms with Crippen molar-refractivity contribution in [2.45, 2.75) is 39.7 Å². The highest BCUT2D eigenvalue weighted by Gasteiger charge is 2.10. The Kier molecular flexibility index (Phi) is 6.15. The third kappa shape index (κ3) is 3.71. The molecule has 0 fully saturated rings. The summed E-state index contributed by atoms with van der Waals surface area (Å²) in [7, 11) is 0. The van der Waals surface area contributed by atoms with Gasteiger partial charge in [0.15, 0.2) is 0 Å². The monoisotopic (exact) mass is 274 g/mol. The number of unbranched alkanes of at least 4 members (excludes halogenated alkanes) is 1. The molecule has 18 heavy (non-hydrogen) atoms. The first-order valence-electron chi connectivity index (χ1n) is 6.21. The van der Waals surface area contributed by atoms with E-state index in [4.69, 9.17) is 16.3 Å². The van der Waals surface area contributed by atoms with Crippen LogP contribution in [0.3, 0.4) is 0 Å². The Hall–Kier alpha value is -1.07. The molecule has 1 heterocycles. The van der Waals surface area contributed by atoms with E-state index >= 15 is 0 Å². The molecule has 0 saturated carbocycles. The number of halogens is 1. The van der Waals surface area contributed by atoms with Gasteiger partial charge in [0.25, 0.3) is 5.56 Å². The van der Waals surface area contributed by atoms with E-state index in [0.717, 1.165) is 17.4 Å². The summed E-state index contributed by atoms with van der Waals surface area (Å²) in [5.74, 6) is 0. The first-order valence-corrected chi connectivity index (χ1v) is 6.58. The lowest BCUT2D eigenvalue weighted by atomic mass is 10.2. The zero-order valence-corrected chi connectivity index (χ0v) is 11.5. The zero-order chi connectivity index (χ0) is 13.5. The number of rotatable bonds is 7. The number of H-pyrrole nitrogens is 1. The van der Waals surface area contributed by atoms with Crippen LogP contribution in [0.2, 0.25) is 5.15 Å². The van der Waals surface area contributed by atoms with Gasteiger partial charge in [-0.1, -0.05) is 31.9 Å². The fourth-order valence-electron chi connectivity index (χ4n) is 1.60. The maximum absolute atomic E-state index is 12.0. The SMILES string of the molecule is CCCCOCCn1c(=O)[nH]c(Cl)c(CC)c1=O. The summed E-state index contributed by atoms with van der Waals surface area (Å²) >= 11 is 5.81. The number of aromatic nitrogens is 2. The standard InChI is InChI=1S/C12H19ClN2O3/c1-3-5-7-18-8-6-15-11(16)9(4-2)10(13)14-12(15)17/h3-8H2,1-2H3,(H,14,17). The van der Waals surface area contributed by atoms with Gasteiger partial charge in [-0.15, -0.1) is 0 Å². The van der Waals surface area contributed by atoms with Crippen LogP contribution in [0.4, 0.5) is 0 Å². The minimum atomic E-state index is -0.485. The maximum Gasteiger partial charge on any atom is 0.329 e. The van der Waals surface area contributed by atoms with Gasteiger partial charge in [-0.2, -0.15) is 0 Å². The predicted octanol–water partition coefficient (Wildman–Crippen LogP) is 1.57. The van der Waals surface area contributed by atoms with Crippen molar-refractivity contribution in [3.8, 4) is 0 Å². The Morgan fingerprint density at radius 1 is 1.28 bits per heavy atom. The highest BCUT2D eigenvalue weighted by Crippen LogP contribution is 2.05. The average Bonchev–Trinajstić information content (AvgIpc) is 2.32. The second-order valence-corrected chi connectivity index (χ2v) is 4.38. The van der Waals surface area contributed by atoms with Crippen molar-refractivity contribution in [1.82, 2.24) is 9.55 Å². The zero-order valence-electron chi connectivity index (χ0n) is 10.8. The topological polar surface area (TPSA) is 64.1 Å². The number of nitrogens with one attached hydrogen (secondary N) is 1. The van der Waals surface area contributed by atoms with Crippen LogP contribution in [0, 0.1) is 0 Å². The van der Waals surface area contributed by atoms with Gasteiger partial charge < -0.3 is 4.74 Å². The average molecular weight is 275 g/mol. The number of nitrogens with zero attached hydrogens (tertiary/aromatic N) is 1. The second kappa shape index (κ2) is 7.38. The Bertz CT molecular complexity index is 493. The van der Waals surface area contributed by atoms with E-state index in [9.17, 15) is 9.59 Å². The van der Waals surface area contributed by atoms with Crippen molar-refractivity contribution in [3.05, 3.63) is 31.6 Å². The maximum atomic E-state index is 12.0. The van der Waals surface area contributed by atoms with Crippen molar-refractivity contribution >= 4 is 11.6 Å². The van der Waals surface area contributed by atoms with Gasteiger partial charge in [0.1, 0.15) is 5.15 Å². The highest BCUT2D eigenvalue weighted by molar-refractivity contribution is 6.30. The molecule has 0 aliphatic carbocycles. The Morgan fingerprint density at radius 2 is 2.00 bits per heavy atom. The van der Waals surface area contributed by atoms with Gasteiger partial charge in [0, 0.05) is 6.61 Å². The molecule has 1 aromatic heterocycles. The van der Waals surface area contributed by atoms with Crippen molar-refractivity contribution < 1.29 is 4.74 Å². The summed E-state index contributed by atoms with van der Waals surface area (Å²) in [5, 5.41) is 0.135. The molecule has 0 unspecified atom stereocenters. The Morgan fingerprint density at radius 3 is 2.61 bits per heavy atom. The molecular formula is C12H19ClN2O3. The molecule has 0 saturated heterocycles. The lowest BCUT2D eigenvalue weighted by Crippen LogP contribution is -2.38. The minimum absolute atomic E-state index is 0.135. The molecule has 0 aliphatic rings. The number of ether oxygens (including phenoxy) is 1. The van der Waals surface area contributed by atoms with Gasteiger partial charge in [-0.05, 0) is 12.8 Å². The largest absolute Gasteiger partial charge is 0.380 e. The third-order valence-corrected chi connectivity index (χ3v) is 3.01. The first-order chi connectivity index (χ1) is 8.61. The fourth-order valence-corrected chi connectivity index (χ4v) is 1.89. The van der Waals surface area contributed by atoms with Gasteiger partial charge >= 0.3 is 5.69 Å². The lowest BCUT2D eigenvalue weighted by molar-refractivity contribution is 0.122. The van der Waals surface area contributed by atoms with E-state index in [0.29, 0.717) is 25.2 Å². The van der Waals surface area contributed by atoms with E-state index in [1.54, 1.807) is 0 Å². The van der Waals surface area contributed by atoms with Crippen molar-refractivity contribution in [1.29, 1.82) is 0 Å². The van der Waals surface area contributed by atoms with Gasteiger partial charge in [-0.25, -0.2) is 4.79 Å². The van der Waals surface area contributed by atoms with Crippen LogP contribution < -0.4 is 11.2 Å². The Labute approximate surface area is 111 Å². The van der Waals surface area contributed by atoms with Crippen molar-refractivity contribution in [3.63, 3.8) is 0 Å². The smallest absolute Gasteiger partial charge is 0.329 e. The van der Waals surface area contributed by atoms with Crippen LogP contribution in [-0.2, 0) is 17.7 Å². The molecule has 0 atom stereocenters. The predicted molar refractivity (Wildman–Crippen MR) is 71.4 cm³/mol. The summed E-state index contributed by atoms with van der Waals surface area (Å²) in [4.78, 5) is 26.0. The van der Waals surface area contributed by atoms with Crippen LogP contribution >= 0.6 is 11.6 Å². The molecule has 1 aromatic rings. The van der Waals surface area contributed by atoms with E-state index in [2.05, 4.69) is 11.9 Å². The normalized spacial score (nSPS) is 10.8. The number of hydrogen-bond acceptors (Lipinski definition) is 3. The quantitative estimate of drug-likeness (QED) is 0.606. The molecule has 1 N–H and O–H groups in total. The molecule has 102 valence electrons. The molecule has 0 radical (unpaired) electrons. The molecular weight excluding hydrogens is 256 g/mol. The molecule has 0 spiro atoms. The van der Waals surface area contributed by atoms with Crippen LogP contribution in [0.1, 0.15) is 32.3 Å². The molecule has 1 rings (SSSR count).